The summed E-state index contributed by atoms with van der Waals surface area (Å²) in [6.45, 7) is 13.4. The Balaban J connectivity index is 2.03. The lowest BCUT2D eigenvalue weighted by atomic mass is 10.1. The summed E-state index contributed by atoms with van der Waals surface area (Å²) in [5.41, 5.74) is 0. The van der Waals surface area contributed by atoms with Gasteiger partial charge < -0.3 is 15.5 Å². The lowest BCUT2D eigenvalue weighted by Crippen LogP contribution is -2.37. The van der Waals surface area contributed by atoms with Crippen LogP contribution in [0.5, 0.6) is 0 Å². The van der Waals surface area contributed by atoms with Crippen LogP contribution >= 0.6 is 0 Å². The summed E-state index contributed by atoms with van der Waals surface area (Å²) < 4.78 is 0. The van der Waals surface area contributed by atoms with Gasteiger partial charge in [0.1, 0.15) is 0 Å². The van der Waals surface area contributed by atoms with Crippen LogP contribution in [0.4, 0.5) is 0 Å². The zero-order chi connectivity index (χ0) is 14.3. The van der Waals surface area contributed by atoms with Gasteiger partial charge in [0, 0.05) is 19.1 Å². The van der Waals surface area contributed by atoms with Crippen molar-refractivity contribution in [1.29, 1.82) is 0 Å². The Morgan fingerprint density at radius 1 is 1.32 bits per heavy atom. The van der Waals surface area contributed by atoms with Crippen LogP contribution in [0.2, 0.25) is 0 Å². The van der Waals surface area contributed by atoms with E-state index in [1.807, 2.05) is 0 Å². The first-order valence-electron chi connectivity index (χ1n) is 7.70. The molecule has 1 heterocycles. The van der Waals surface area contributed by atoms with Gasteiger partial charge in [-0.25, -0.2) is 0 Å². The maximum absolute atomic E-state index is 11.6. The molecular weight excluding hydrogens is 238 g/mol. The zero-order valence-corrected chi connectivity index (χ0v) is 13.0. The van der Waals surface area contributed by atoms with Gasteiger partial charge in [0.15, 0.2) is 0 Å². The first-order valence-corrected chi connectivity index (χ1v) is 7.70. The minimum absolute atomic E-state index is 0.124. The number of carbonyl (C=O) groups excluding carboxylic acids is 1. The summed E-state index contributed by atoms with van der Waals surface area (Å²) in [6.07, 6.45) is 2.30. The molecule has 0 spiro atoms. The molecule has 0 aromatic heterocycles. The van der Waals surface area contributed by atoms with E-state index in [9.17, 15) is 4.79 Å². The van der Waals surface area contributed by atoms with Gasteiger partial charge in [-0.2, -0.15) is 0 Å². The summed E-state index contributed by atoms with van der Waals surface area (Å²) >= 11 is 0. The van der Waals surface area contributed by atoms with E-state index in [4.69, 9.17) is 0 Å². The Hall–Kier alpha value is -0.610. The van der Waals surface area contributed by atoms with Gasteiger partial charge in [-0.1, -0.05) is 13.8 Å². The Labute approximate surface area is 118 Å². The van der Waals surface area contributed by atoms with Gasteiger partial charge in [-0.15, -0.1) is 0 Å². The van der Waals surface area contributed by atoms with Crippen LogP contribution in [-0.2, 0) is 4.79 Å². The largest absolute Gasteiger partial charge is 0.355 e. The number of nitrogens with zero attached hydrogens (tertiary/aromatic N) is 1. The Bertz CT molecular complexity index is 266. The van der Waals surface area contributed by atoms with Gasteiger partial charge in [0.05, 0.1) is 6.54 Å². The molecule has 1 rings (SSSR count). The summed E-state index contributed by atoms with van der Waals surface area (Å²) in [5, 5.41) is 6.24. The van der Waals surface area contributed by atoms with E-state index in [1.54, 1.807) is 0 Å². The van der Waals surface area contributed by atoms with Gasteiger partial charge in [-0.3, -0.25) is 4.79 Å². The van der Waals surface area contributed by atoms with Crippen LogP contribution in [0, 0.1) is 11.8 Å². The van der Waals surface area contributed by atoms with Crippen molar-refractivity contribution in [2.24, 2.45) is 11.8 Å². The third kappa shape index (κ3) is 6.92. The highest BCUT2D eigenvalue weighted by molar-refractivity contribution is 5.77. The average molecular weight is 269 g/mol. The topological polar surface area (TPSA) is 44.4 Å². The molecule has 1 aliphatic heterocycles. The number of rotatable bonds is 8. The fourth-order valence-corrected chi connectivity index (χ4v) is 2.45. The van der Waals surface area contributed by atoms with Crippen molar-refractivity contribution in [2.75, 3.05) is 32.7 Å². The molecule has 2 N–H and O–H groups in total. The predicted molar refractivity (Wildman–Crippen MR) is 80.2 cm³/mol. The smallest absolute Gasteiger partial charge is 0.233 e. The van der Waals surface area contributed by atoms with Crippen molar-refractivity contribution in [3.05, 3.63) is 0 Å². The summed E-state index contributed by atoms with van der Waals surface area (Å²) in [5.74, 6) is 1.47. The van der Waals surface area contributed by atoms with Crippen LogP contribution in [0.3, 0.4) is 0 Å². The van der Waals surface area contributed by atoms with E-state index in [2.05, 4.69) is 43.2 Å². The second-order valence-electron chi connectivity index (χ2n) is 6.41. The van der Waals surface area contributed by atoms with Crippen LogP contribution < -0.4 is 10.6 Å². The molecule has 4 heteroatoms. The summed E-state index contributed by atoms with van der Waals surface area (Å²) in [6, 6.07) is 0.643. The molecule has 1 aliphatic rings. The predicted octanol–water partition coefficient (Wildman–Crippen LogP) is 1.47. The molecule has 0 aromatic rings. The van der Waals surface area contributed by atoms with Crippen LogP contribution in [0.1, 0.15) is 40.5 Å². The monoisotopic (exact) mass is 269 g/mol. The highest BCUT2D eigenvalue weighted by Gasteiger charge is 2.23. The molecule has 1 amide bonds. The van der Waals surface area contributed by atoms with E-state index >= 15 is 0 Å². The minimum Gasteiger partial charge on any atom is -0.355 e. The zero-order valence-electron chi connectivity index (χ0n) is 13.0. The maximum Gasteiger partial charge on any atom is 0.233 e. The van der Waals surface area contributed by atoms with E-state index < -0.39 is 0 Å². The van der Waals surface area contributed by atoms with Crippen molar-refractivity contribution in [2.45, 2.75) is 46.6 Å². The van der Waals surface area contributed by atoms with Gasteiger partial charge in [0.25, 0.3) is 0 Å². The molecule has 0 bridgehead atoms. The van der Waals surface area contributed by atoms with Crippen molar-refractivity contribution in [1.82, 2.24) is 15.5 Å². The number of likely N-dealkylation sites (tertiary alicyclic amines) is 1. The number of nitrogens with one attached hydrogen (secondary N) is 2. The molecule has 1 unspecified atom stereocenters. The molecule has 1 fully saturated rings. The Kier molecular flexibility index (Phi) is 7.39. The van der Waals surface area contributed by atoms with E-state index in [1.165, 1.54) is 19.5 Å². The third-order valence-electron chi connectivity index (χ3n) is 3.81. The normalized spacial score (nSPS) is 20.4. The molecule has 112 valence electrons. The third-order valence-corrected chi connectivity index (χ3v) is 3.81. The molecule has 0 radical (unpaired) electrons. The number of hydrogen-bond donors (Lipinski definition) is 2. The standard InChI is InChI=1S/C15H31N3O/c1-12(2)5-7-17-15(19)10-16-9-14-6-8-18(11-14)13(3)4/h12-14,16H,5-11H2,1-4H3,(H,17,19). The molecule has 0 aromatic carbocycles. The van der Waals surface area contributed by atoms with Crippen LogP contribution in [-0.4, -0.2) is 49.6 Å². The minimum atomic E-state index is 0.124. The van der Waals surface area contributed by atoms with Crippen LogP contribution in [0.15, 0.2) is 0 Å². The fraction of sp³-hybridized carbons (Fsp3) is 0.933. The number of carbonyl (C=O) groups is 1. The second kappa shape index (κ2) is 8.54. The Morgan fingerprint density at radius 3 is 2.63 bits per heavy atom. The lowest BCUT2D eigenvalue weighted by molar-refractivity contribution is -0.120. The van der Waals surface area contributed by atoms with Crippen molar-refractivity contribution in [3.63, 3.8) is 0 Å². The molecule has 0 aliphatic carbocycles. The van der Waals surface area contributed by atoms with Crippen molar-refractivity contribution < 1.29 is 4.79 Å². The number of amides is 1. The molecule has 0 saturated carbocycles. The summed E-state index contributed by atoms with van der Waals surface area (Å²) in [4.78, 5) is 14.1. The highest BCUT2D eigenvalue weighted by atomic mass is 16.1. The highest BCUT2D eigenvalue weighted by Crippen LogP contribution is 2.17. The second-order valence-corrected chi connectivity index (χ2v) is 6.41. The maximum atomic E-state index is 11.6. The Morgan fingerprint density at radius 2 is 2.05 bits per heavy atom. The van der Waals surface area contributed by atoms with Gasteiger partial charge in [0.2, 0.25) is 5.91 Å². The molecule has 4 nitrogen and oxygen atoms in total. The lowest BCUT2D eigenvalue weighted by Gasteiger charge is -2.20. The van der Waals surface area contributed by atoms with E-state index in [0.29, 0.717) is 24.4 Å². The summed E-state index contributed by atoms with van der Waals surface area (Å²) in [7, 11) is 0. The van der Waals surface area contributed by atoms with Gasteiger partial charge >= 0.3 is 0 Å². The van der Waals surface area contributed by atoms with E-state index in [-0.39, 0.29) is 5.91 Å². The van der Waals surface area contributed by atoms with Crippen LogP contribution in [0.25, 0.3) is 0 Å². The first-order chi connectivity index (χ1) is 8.99. The van der Waals surface area contributed by atoms with E-state index in [0.717, 1.165) is 19.5 Å². The first kappa shape index (κ1) is 16.4. The molecule has 1 saturated heterocycles. The molecule has 1 atom stereocenters. The fourth-order valence-electron chi connectivity index (χ4n) is 2.45. The average Bonchev–Trinajstić information content (AvgIpc) is 2.77. The molecule has 19 heavy (non-hydrogen) atoms. The van der Waals surface area contributed by atoms with Crippen molar-refractivity contribution >= 4 is 5.91 Å². The van der Waals surface area contributed by atoms with Crippen molar-refractivity contribution in [3.8, 4) is 0 Å². The SMILES string of the molecule is CC(C)CCNC(=O)CNCC1CCN(C(C)C)C1. The molecular formula is C15H31N3O. The number of hydrogen-bond acceptors (Lipinski definition) is 3. The van der Waals surface area contributed by atoms with Gasteiger partial charge in [-0.05, 0) is 51.6 Å². The quantitative estimate of drug-likeness (QED) is 0.701.